The van der Waals surface area contributed by atoms with Crippen LogP contribution in [0.2, 0.25) is 0 Å². The first kappa shape index (κ1) is 16.8. The van der Waals surface area contributed by atoms with Crippen molar-refractivity contribution in [3.05, 3.63) is 46.0 Å². The van der Waals surface area contributed by atoms with Gasteiger partial charge in [-0.3, -0.25) is 4.68 Å². The van der Waals surface area contributed by atoms with Crippen LogP contribution < -0.4 is 0 Å². The van der Waals surface area contributed by atoms with Gasteiger partial charge in [0.2, 0.25) is 0 Å². The van der Waals surface area contributed by atoms with Crippen LogP contribution in [0.5, 0.6) is 0 Å². The lowest BCUT2D eigenvalue weighted by Crippen LogP contribution is -2.21. The lowest BCUT2D eigenvalue weighted by molar-refractivity contribution is -0.145. The fraction of sp³-hybridized carbons (Fsp3) is 0.412. The summed E-state index contributed by atoms with van der Waals surface area (Å²) in [5.41, 5.74) is 0.519. The molecule has 1 aromatic carbocycles. The Morgan fingerprint density at radius 3 is 2.39 bits per heavy atom. The number of hydrogen-bond acceptors (Lipinski definition) is 1. The first-order valence-electron chi connectivity index (χ1n) is 7.67. The standard InChI is InChI=1S/C17H17F3IN2/c18-17(19,20)16-14(21)15(13-9-5-2-6-10-13)22-23(16)11-12-7-3-1-4-8-12/h1-2,5-6,9-10,12H,3-4,7-8,11H2. The summed E-state index contributed by atoms with van der Waals surface area (Å²) >= 11 is 1.78. The minimum Gasteiger partial charge on any atom is -0.259 e. The Morgan fingerprint density at radius 1 is 1.13 bits per heavy atom. The zero-order chi connectivity index (χ0) is 16.4. The third kappa shape index (κ3) is 3.72. The molecular weight excluding hydrogens is 416 g/mol. The molecule has 1 aliphatic carbocycles. The quantitative estimate of drug-likeness (QED) is 0.579. The normalized spacial score (nSPS) is 16.7. The Kier molecular flexibility index (Phi) is 4.98. The Balaban J connectivity index is 2.00. The molecule has 0 aliphatic heterocycles. The van der Waals surface area contributed by atoms with E-state index in [1.807, 2.05) is 18.2 Å². The van der Waals surface area contributed by atoms with Gasteiger partial charge in [0.05, 0.1) is 3.57 Å². The lowest BCUT2D eigenvalue weighted by atomic mass is 9.89. The van der Waals surface area contributed by atoms with Gasteiger partial charge >= 0.3 is 6.18 Å². The highest BCUT2D eigenvalue weighted by Crippen LogP contribution is 2.38. The van der Waals surface area contributed by atoms with E-state index in [4.69, 9.17) is 0 Å². The van der Waals surface area contributed by atoms with Crippen LogP contribution in [0.15, 0.2) is 30.3 Å². The van der Waals surface area contributed by atoms with Gasteiger partial charge < -0.3 is 0 Å². The molecule has 1 heterocycles. The van der Waals surface area contributed by atoms with Crippen LogP contribution in [0.3, 0.4) is 0 Å². The lowest BCUT2D eigenvalue weighted by Gasteiger charge is -2.22. The molecule has 0 unspecified atom stereocenters. The van der Waals surface area contributed by atoms with Gasteiger partial charge in [-0.05, 0) is 60.6 Å². The number of halogens is 4. The van der Waals surface area contributed by atoms with Crippen LogP contribution >= 0.6 is 22.6 Å². The highest BCUT2D eigenvalue weighted by atomic mass is 127. The molecule has 3 rings (SSSR count). The molecule has 6 heteroatoms. The average Bonchev–Trinajstić information content (AvgIpc) is 2.85. The zero-order valence-corrected chi connectivity index (χ0v) is 14.6. The zero-order valence-electron chi connectivity index (χ0n) is 12.5. The highest BCUT2D eigenvalue weighted by molar-refractivity contribution is 14.1. The second-order valence-electron chi connectivity index (χ2n) is 5.87. The monoisotopic (exact) mass is 433 g/mol. The first-order valence-corrected chi connectivity index (χ1v) is 8.75. The van der Waals surface area contributed by atoms with Crippen LogP contribution in [0.1, 0.15) is 31.4 Å². The minimum absolute atomic E-state index is 0.184. The molecule has 1 fully saturated rings. The molecule has 2 aromatic rings. The van der Waals surface area contributed by atoms with E-state index in [0.29, 0.717) is 12.2 Å². The van der Waals surface area contributed by atoms with Gasteiger partial charge in [0.25, 0.3) is 0 Å². The largest absolute Gasteiger partial charge is 0.434 e. The van der Waals surface area contributed by atoms with E-state index < -0.39 is 11.9 Å². The second kappa shape index (κ2) is 6.83. The number of nitrogens with zero attached hydrogens (tertiary/aromatic N) is 2. The smallest absolute Gasteiger partial charge is 0.259 e. The van der Waals surface area contributed by atoms with E-state index in [9.17, 15) is 13.2 Å². The van der Waals surface area contributed by atoms with Crippen molar-refractivity contribution < 1.29 is 13.2 Å². The topological polar surface area (TPSA) is 17.8 Å². The first-order chi connectivity index (χ1) is 11.0. The number of rotatable bonds is 3. The Labute approximate surface area is 147 Å². The number of alkyl halides is 3. The van der Waals surface area contributed by atoms with Crippen LogP contribution in [0.25, 0.3) is 11.3 Å². The van der Waals surface area contributed by atoms with Gasteiger partial charge in [0.15, 0.2) is 5.69 Å². The summed E-state index contributed by atoms with van der Waals surface area (Å²) in [5.74, 6) is 0.264. The van der Waals surface area contributed by atoms with E-state index in [0.717, 1.165) is 31.2 Å². The Hall–Kier alpha value is -1.05. The van der Waals surface area contributed by atoms with E-state index in [1.54, 1.807) is 34.7 Å². The van der Waals surface area contributed by atoms with Crippen molar-refractivity contribution in [3.8, 4) is 11.3 Å². The molecule has 1 radical (unpaired) electrons. The van der Waals surface area contributed by atoms with Crippen molar-refractivity contribution in [2.45, 2.75) is 38.4 Å². The van der Waals surface area contributed by atoms with E-state index in [1.165, 1.54) is 4.68 Å². The van der Waals surface area contributed by atoms with E-state index >= 15 is 0 Å². The van der Waals surface area contributed by atoms with Crippen molar-refractivity contribution in [1.82, 2.24) is 9.78 Å². The molecule has 1 aliphatic rings. The maximum absolute atomic E-state index is 13.5. The van der Waals surface area contributed by atoms with Crippen LogP contribution in [0, 0.1) is 15.9 Å². The number of benzene rings is 1. The Morgan fingerprint density at radius 2 is 1.78 bits per heavy atom. The molecule has 0 atom stereocenters. The summed E-state index contributed by atoms with van der Waals surface area (Å²) in [6.45, 7) is 0.339. The van der Waals surface area contributed by atoms with Gasteiger partial charge in [-0.2, -0.15) is 18.3 Å². The van der Waals surface area contributed by atoms with Gasteiger partial charge in [-0.1, -0.05) is 30.3 Å². The van der Waals surface area contributed by atoms with Crippen LogP contribution in [-0.2, 0) is 12.7 Å². The van der Waals surface area contributed by atoms with Gasteiger partial charge in [0, 0.05) is 12.1 Å². The molecule has 123 valence electrons. The summed E-state index contributed by atoms with van der Waals surface area (Å²) in [6, 6.07) is 9.06. The van der Waals surface area contributed by atoms with Crippen LogP contribution in [0.4, 0.5) is 13.2 Å². The van der Waals surface area contributed by atoms with Crippen molar-refractivity contribution in [1.29, 1.82) is 0 Å². The molecule has 2 nitrogen and oxygen atoms in total. The predicted molar refractivity (Wildman–Crippen MR) is 91.6 cm³/mol. The van der Waals surface area contributed by atoms with E-state index in [2.05, 4.69) is 11.5 Å². The average molecular weight is 433 g/mol. The van der Waals surface area contributed by atoms with Crippen molar-refractivity contribution >= 4 is 22.6 Å². The van der Waals surface area contributed by atoms with Crippen LogP contribution in [-0.4, -0.2) is 9.78 Å². The SMILES string of the molecule is FC(F)(F)c1c(I)c(-c2ccccc2)nn1CC1CC[CH]CC1. The minimum atomic E-state index is -4.39. The summed E-state index contributed by atoms with van der Waals surface area (Å²) in [5, 5.41) is 4.32. The predicted octanol–water partition coefficient (Wildman–Crippen LogP) is 5.57. The third-order valence-corrected chi connectivity index (χ3v) is 5.22. The number of hydrogen-bond donors (Lipinski definition) is 0. The second-order valence-corrected chi connectivity index (χ2v) is 6.95. The fourth-order valence-corrected chi connectivity index (χ4v) is 4.05. The maximum atomic E-state index is 13.5. The number of aromatic nitrogens is 2. The fourth-order valence-electron chi connectivity index (χ4n) is 3.05. The molecule has 1 aromatic heterocycles. The summed E-state index contributed by atoms with van der Waals surface area (Å²) < 4.78 is 41.9. The van der Waals surface area contributed by atoms with Gasteiger partial charge in [0.1, 0.15) is 5.69 Å². The van der Waals surface area contributed by atoms with Crippen molar-refractivity contribution in [2.24, 2.45) is 5.92 Å². The molecule has 0 bridgehead atoms. The molecule has 23 heavy (non-hydrogen) atoms. The molecule has 0 spiro atoms. The van der Waals surface area contributed by atoms with Crippen molar-refractivity contribution in [2.75, 3.05) is 0 Å². The summed E-state index contributed by atoms with van der Waals surface area (Å²) in [6.07, 6.45) is 1.66. The molecule has 0 N–H and O–H groups in total. The maximum Gasteiger partial charge on any atom is 0.434 e. The van der Waals surface area contributed by atoms with Gasteiger partial charge in [-0.25, -0.2) is 0 Å². The van der Waals surface area contributed by atoms with Crippen molar-refractivity contribution in [3.63, 3.8) is 0 Å². The summed E-state index contributed by atoms with van der Waals surface area (Å²) in [4.78, 5) is 0. The molecular formula is C17H17F3IN2. The Bertz CT molecular complexity index is 658. The summed E-state index contributed by atoms with van der Waals surface area (Å²) in [7, 11) is 0. The highest BCUT2D eigenvalue weighted by Gasteiger charge is 2.40. The van der Waals surface area contributed by atoms with E-state index in [-0.39, 0.29) is 9.49 Å². The van der Waals surface area contributed by atoms with Gasteiger partial charge in [-0.15, -0.1) is 0 Å². The third-order valence-electron chi connectivity index (χ3n) is 4.20. The molecule has 1 saturated carbocycles. The molecule has 0 amide bonds. The molecule has 0 saturated heterocycles.